The molecule has 1 aromatic heterocycles. The summed E-state index contributed by atoms with van der Waals surface area (Å²) in [6, 6.07) is 7.95. The Kier molecular flexibility index (Phi) is 7.60. The van der Waals surface area contributed by atoms with Gasteiger partial charge in [-0.15, -0.1) is 11.3 Å². The zero-order chi connectivity index (χ0) is 19.8. The van der Waals surface area contributed by atoms with Gasteiger partial charge in [0.1, 0.15) is 5.01 Å². The Hall–Kier alpha value is -2.21. The average Bonchev–Trinajstić information content (AvgIpc) is 3.15. The van der Waals surface area contributed by atoms with E-state index in [4.69, 9.17) is 0 Å². The summed E-state index contributed by atoms with van der Waals surface area (Å²) in [4.78, 5) is 31.3. The highest BCUT2D eigenvalue weighted by atomic mass is 32.1. The Balaban J connectivity index is 1.50. The number of likely N-dealkylation sites (tertiary alicyclic amines) is 1. The first-order valence-corrected chi connectivity index (χ1v) is 11.1. The van der Waals surface area contributed by atoms with Crippen molar-refractivity contribution in [1.82, 2.24) is 15.2 Å². The summed E-state index contributed by atoms with van der Waals surface area (Å²) in [5.74, 6) is -0.0522. The molecule has 2 heterocycles. The molecule has 1 saturated heterocycles. The van der Waals surface area contributed by atoms with Crippen molar-refractivity contribution < 1.29 is 9.59 Å². The molecule has 1 fully saturated rings. The molecule has 5 nitrogen and oxygen atoms in total. The first-order valence-electron chi connectivity index (χ1n) is 10.3. The zero-order valence-corrected chi connectivity index (χ0v) is 17.3. The third-order valence-electron chi connectivity index (χ3n) is 5.11. The summed E-state index contributed by atoms with van der Waals surface area (Å²) in [6.45, 7) is 4.13. The highest BCUT2D eigenvalue weighted by molar-refractivity contribution is 7.19. The predicted octanol–water partition coefficient (Wildman–Crippen LogP) is 4.24. The van der Waals surface area contributed by atoms with E-state index in [9.17, 15) is 9.59 Å². The van der Waals surface area contributed by atoms with E-state index < -0.39 is 0 Å². The first kappa shape index (κ1) is 20.5. The smallest absolute Gasteiger partial charge is 0.246 e. The second-order valence-corrected chi connectivity index (χ2v) is 8.39. The molecule has 0 spiro atoms. The number of nitrogens with zero attached hydrogens (tertiary/aromatic N) is 2. The van der Waals surface area contributed by atoms with Gasteiger partial charge in [-0.25, -0.2) is 4.98 Å². The molecular formula is C22H29N3O2S. The molecule has 2 amide bonds. The number of para-hydroxylation sites is 1. The molecule has 0 saturated carbocycles. The number of piperidine rings is 1. The van der Waals surface area contributed by atoms with E-state index in [2.05, 4.69) is 17.2 Å². The molecule has 0 bridgehead atoms. The molecule has 1 aromatic carbocycles. The Morgan fingerprint density at radius 1 is 1.29 bits per heavy atom. The number of nitrogens with one attached hydrogen (secondary N) is 1. The average molecular weight is 400 g/mol. The zero-order valence-electron chi connectivity index (χ0n) is 16.5. The van der Waals surface area contributed by atoms with Crippen LogP contribution in [-0.4, -0.2) is 41.3 Å². The number of benzene rings is 1. The van der Waals surface area contributed by atoms with Crippen LogP contribution in [0.25, 0.3) is 16.3 Å². The molecule has 1 aliphatic rings. The van der Waals surface area contributed by atoms with Gasteiger partial charge in [-0.1, -0.05) is 38.3 Å². The number of hydrogen-bond acceptors (Lipinski definition) is 4. The van der Waals surface area contributed by atoms with Gasteiger partial charge in [-0.3, -0.25) is 9.59 Å². The molecule has 0 radical (unpaired) electrons. The lowest BCUT2D eigenvalue weighted by molar-refractivity contribution is -0.132. The molecule has 0 aliphatic carbocycles. The number of carbonyl (C=O) groups excluding carboxylic acids is 2. The Morgan fingerprint density at radius 3 is 2.96 bits per heavy atom. The van der Waals surface area contributed by atoms with Crippen LogP contribution in [0.1, 0.15) is 50.5 Å². The summed E-state index contributed by atoms with van der Waals surface area (Å²) in [5, 5.41) is 3.87. The summed E-state index contributed by atoms with van der Waals surface area (Å²) in [5.41, 5.74) is 0.952. The predicted molar refractivity (Wildman–Crippen MR) is 115 cm³/mol. The van der Waals surface area contributed by atoms with Crippen LogP contribution in [-0.2, 0) is 9.59 Å². The van der Waals surface area contributed by atoms with Gasteiger partial charge in [0.05, 0.1) is 16.1 Å². The van der Waals surface area contributed by atoms with Gasteiger partial charge >= 0.3 is 0 Å². The third-order valence-corrected chi connectivity index (χ3v) is 6.11. The van der Waals surface area contributed by atoms with E-state index in [1.807, 2.05) is 24.3 Å². The largest absolute Gasteiger partial charge is 0.356 e. The van der Waals surface area contributed by atoms with E-state index in [1.54, 1.807) is 28.4 Å². The van der Waals surface area contributed by atoms with Gasteiger partial charge in [0.15, 0.2) is 0 Å². The van der Waals surface area contributed by atoms with Crippen molar-refractivity contribution in [2.24, 2.45) is 5.92 Å². The minimum absolute atomic E-state index is 0.0419. The van der Waals surface area contributed by atoms with Crippen LogP contribution in [0, 0.1) is 5.92 Å². The van der Waals surface area contributed by atoms with Crippen molar-refractivity contribution in [3.8, 4) is 0 Å². The van der Waals surface area contributed by atoms with E-state index in [1.165, 1.54) is 12.8 Å². The number of carbonyl (C=O) groups is 2. The van der Waals surface area contributed by atoms with Gasteiger partial charge < -0.3 is 10.2 Å². The van der Waals surface area contributed by atoms with Crippen LogP contribution in [0.5, 0.6) is 0 Å². The molecule has 1 aliphatic heterocycles. The maximum atomic E-state index is 12.6. The lowest BCUT2D eigenvalue weighted by Gasteiger charge is -2.31. The molecular weight excluding hydrogens is 370 g/mol. The summed E-state index contributed by atoms with van der Waals surface area (Å²) >= 11 is 1.57. The first-order chi connectivity index (χ1) is 13.7. The molecule has 28 heavy (non-hydrogen) atoms. The monoisotopic (exact) mass is 399 g/mol. The standard InChI is InChI=1S/C22H29N3O2S/c1-2-3-4-7-14-23-22(27)17-9-8-15-25(16-17)21(26)13-12-20-24-18-10-5-6-11-19(18)28-20/h5-6,10-13,17H,2-4,7-9,14-16H2,1H3,(H,23,27)/b13-12+. The molecule has 1 N–H and O–H groups in total. The minimum atomic E-state index is -0.0975. The van der Waals surface area contributed by atoms with Crippen molar-refractivity contribution in [1.29, 1.82) is 0 Å². The van der Waals surface area contributed by atoms with Gasteiger partial charge in [0.25, 0.3) is 0 Å². The fourth-order valence-corrected chi connectivity index (χ4v) is 4.38. The molecule has 1 unspecified atom stereocenters. The van der Waals surface area contributed by atoms with Crippen LogP contribution in [0.3, 0.4) is 0 Å². The van der Waals surface area contributed by atoms with Gasteiger partial charge in [0.2, 0.25) is 11.8 Å². The number of aromatic nitrogens is 1. The summed E-state index contributed by atoms with van der Waals surface area (Å²) in [6.07, 6.45) is 9.68. The highest BCUT2D eigenvalue weighted by Gasteiger charge is 2.27. The molecule has 1 atom stereocenters. The van der Waals surface area contributed by atoms with E-state index in [0.717, 1.165) is 47.5 Å². The minimum Gasteiger partial charge on any atom is -0.356 e. The maximum Gasteiger partial charge on any atom is 0.246 e. The number of amides is 2. The molecule has 3 rings (SSSR count). The summed E-state index contributed by atoms with van der Waals surface area (Å²) < 4.78 is 1.11. The lowest BCUT2D eigenvalue weighted by Crippen LogP contribution is -2.45. The Morgan fingerprint density at radius 2 is 2.14 bits per heavy atom. The number of thiazole rings is 1. The number of rotatable bonds is 8. The van der Waals surface area contributed by atoms with Crippen LogP contribution in [0.15, 0.2) is 30.3 Å². The van der Waals surface area contributed by atoms with Crippen molar-refractivity contribution in [2.45, 2.75) is 45.4 Å². The Bertz CT molecular complexity index is 797. The van der Waals surface area contributed by atoms with E-state index in [0.29, 0.717) is 13.1 Å². The van der Waals surface area contributed by atoms with Crippen molar-refractivity contribution in [3.05, 3.63) is 35.3 Å². The van der Waals surface area contributed by atoms with E-state index >= 15 is 0 Å². The highest BCUT2D eigenvalue weighted by Crippen LogP contribution is 2.23. The number of unbranched alkanes of at least 4 members (excludes halogenated alkanes) is 3. The van der Waals surface area contributed by atoms with Gasteiger partial charge in [0, 0.05) is 25.7 Å². The number of fused-ring (bicyclic) bond motifs is 1. The van der Waals surface area contributed by atoms with Crippen LogP contribution < -0.4 is 5.32 Å². The second kappa shape index (κ2) is 10.4. The fraction of sp³-hybridized carbons (Fsp3) is 0.500. The molecule has 2 aromatic rings. The molecule has 150 valence electrons. The van der Waals surface area contributed by atoms with Gasteiger partial charge in [-0.2, -0.15) is 0 Å². The summed E-state index contributed by atoms with van der Waals surface area (Å²) in [7, 11) is 0. The number of hydrogen-bond donors (Lipinski definition) is 1. The van der Waals surface area contributed by atoms with Crippen molar-refractivity contribution >= 4 is 39.4 Å². The van der Waals surface area contributed by atoms with Crippen molar-refractivity contribution in [2.75, 3.05) is 19.6 Å². The van der Waals surface area contributed by atoms with Crippen LogP contribution >= 0.6 is 11.3 Å². The van der Waals surface area contributed by atoms with E-state index in [-0.39, 0.29) is 17.7 Å². The van der Waals surface area contributed by atoms with Crippen LogP contribution in [0.4, 0.5) is 0 Å². The van der Waals surface area contributed by atoms with Gasteiger partial charge in [-0.05, 0) is 37.5 Å². The van der Waals surface area contributed by atoms with Crippen molar-refractivity contribution in [3.63, 3.8) is 0 Å². The quantitative estimate of drug-likeness (QED) is 0.533. The fourth-order valence-electron chi connectivity index (χ4n) is 3.51. The topological polar surface area (TPSA) is 62.3 Å². The normalized spacial score (nSPS) is 17.3. The maximum absolute atomic E-state index is 12.6. The lowest BCUT2D eigenvalue weighted by atomic mass is 9.97. The van der Waals surface area contributed by atoms with Crippen LogP contribution in [0.2, 0.25) is 0 Å². The Labute approximate surface area is 170 Å². The SMILES string of the molecule is CCCCCCNC(=O)C1CCCN(C(=O)/C=C/c2nc3ccccc3s2)C1. The third kappa shape index (κ3) is 5.64. The molecule has 6 heteroatoms. The second-order valence-electron chi connectivity index (χ2n) is 7.33.